The fraction of sp³-hybridized carbons (Fsp3) is 0.429. The lowest BCUT2D eigenvalue weighted by molar-refractivity contribution is -0.120. The van der Waals surface area contributed by atoms with E-state index in [2.05, 4.69) is 4.72 Å². The second-order valence-corrected chi connectivity index (χ2v) is 6.73. The van der Waals surface area contributed by atoms with Crippen LogP contribution in [0.25, 0.3) is 0 Å². The van der Waals surface area contributed by atoms with E-state index in [1.54, 1.807) is 12.1 Å². The van der Waals surface area contributed by atoms with Crippen molar-refractivity contribution in [1.82, 2.24) is 4.72 Å². The Kier molecular flexibility index (Phi) is 4.35. The SMILES string of the molecule is CC(=O)c1cccc(S(=O)(=O)NC2CCC(=O)CC2)c1. The first-order chi connectivity index (χ1) is 9.38. The van der Waals surface area contributed by atoms with Crippen LogP contribution in [0.3, 0.4) is 0 Å². The summed E-state index contributed by atoms with van der Waals surface area (Å²) in [7, 11) is -3.65. The molecule has 1 aromatic rings. The van der Waals surface area contributed by atoms with Gasteiger partial charge in [0, 0.05) is 24.4 Å². The van der Waals surface area contributed by atoms with Gasteiger partial charge in [-0.2, -0.15) is 0 Å². The number of hydrogen-bond acceptors (Lipinski definition) is 4. The largest absolute Gasteiger partial charge is 0.300 e. The van der Waals surface area contributed by atoms with Gasteiger partial charge in [-0.3, -0.25) is 9.59 Å². The maximum atomic E-state index is 12.2. The molecule has 0 heterocycles. The first kappa shape index (κ1) is 14.9. The van der Waals surface area contributed by atoms with Gasteiger partial charge in [0.2, 0.25) is 10.0 Å². The second kappa shape index (κ2) is 5.85. The van der Waals surface area contributed by atoms with Crippen molar-refractivity contribution < 1.29 is 18.0 Å². The molecule has 0 radical (unpaired) electrons. The molecule has 1 N–H and O–H groups in total. The van der Waals surface area contributed by atoms with E-state index in [1.807, 2.05) is 0 Å². The maximum absolute atomic E-state index is 12.2. The number of sulfonamides is 1. The molecule has 108 valence electrons. The highest BCUT2D eigenvalue weighted by molar-refractivity contribution is 7.89. The molecule has 0 atom stereocenters. The number of Topliss-reactive ketones (excluding diaryl/α,β-unsaturated/α-hetero) is 2. The molecule has 0 aliphatic heterocycles. The molecule has 2 rings (SSSR count). The van der Waals surface area contributed by atoms with Crippen molar-refractivity contribution in [3.05, 3.63) is 29.8 Å². The first-order valence-electron chi connectivity index (χ1n) is 6.53. The van der Waals surface area contributed by atoms with Crippen LogP contribution in [-0.2, 0) is 14.8 Å². The van der Waals surface area contributed by atoms with E-state index in [-0.39, 0.29) is 22.5 Å². The Morgan fingerprint density at radius 3 is 2.50 bits per heavy atom. The van der Waals surface area contributed by atoms with Crippen LogP contribution >= 0.6 is 0 Å². The van der Waals surface area contributed by atoms with E-state index >= 15 is 0 Å². The summed E-state index contributed by atoms with van der Waals surface area (Å²) in [6, 6.07) is 5.76. The van der Waals surface area contributed by atoms with Gasteiger partial charge in [-0.1, -0.05) is 12.1 Å². The average molecular weight is 295 g/mol. The van der Waals surface area contributed by atoms with Crippen molar-refractivity contribution in [3.8, 4) is 0 Å². The van der Waals surface area contributed by atoms with Gasteiger partial charge in [0.15, 0.2) is 5.78 Å². The molecular formula is C14H17NO4S. The lowest BCUT2D eigenvalue weighted by Crippen LogP contribution is -2.37. The van der Waals surface area contributed by atoms with Gasteiger partial charge < -0.3 is 0 Å². The summed E-state index contributed by atoms with van der Waals surface area (Å²) in [5, 5.41) is 0. The van der Waals surface area contributed by atoms with Crippen LogP contribution in [0.1, 0.15) is 43.0 Å². The van der Waals surface area contributed by atoms with Gasteiger partial charge >= 0.3 is 0 Å². The standard InChI is InChI=1S/C14H17NO4S/c1-10(16)11-3-2-4-14(9-11)20(18,19)15-12-5-7-13(17)8-6-12/h2-4,9,12,15H,5-8H2,1H3. The van der Waals surface area contributed by atoms with Crippen LogP contribution in [0.15, 0.2) is 29.2 Å². The van der Waals surface area contributed by atoms with Crippen LogP contribution in [0, 0.1) is 0 Å². The zero-order valence-electron chi connectivity index (χ0n) is 11.3. The molecule has 0 saturated heterocycles. The molecule has 1 aromatic carbocycles. The molecule has 1 fully saturated rings. The minimum absolute atomic E-state index is 0.0853. The van der Waals surface area contributed by atoms with Crippen molar-refractivity contribution in [1.29, 1.82) is 0 Å². The van der Waals surface area contributed by atoms with Crippen LogP contribution in [0.5, 0.6) is 0 Å². The first-order valence-corrected chi connectivity index (χ1v) is 8.02. The third-order valence-corrected chi connectivity index (χ3v) is 4.93. The summed E-state index contributed by atoms with van der Waals surface area (Å²) < 4.78 is 27.1. The van der Waals surface area contributed by atoms with Gasteiger partial charge in [0.1, 0.15) is 5.78 Å². The molecule has 0 bridgehead atoms. The highest BCUT2D eigenvalue weighted by Gasteiger charge is 2.24. The zero-order valence-corrected chi connectivity index (χ0v) is 12.1. The maximum Gasteiger partial charge on any atom is 0.240 e. The van der Waals surface area contributed by atoms with Crippen molar-refractivity contribution in [2.45, 2.75) is 43.5 Å². The summed E-state index contributed by atoms with van der Waals surface area (Å²) in [5.41, 5.74) is 0.367. The highest BCUT2D eigenvalue weighted by Crippen LogP contribution is 2.18. The summed E-state index contributed by atoms with van der Waals surface area (Å²) in [5.74, 6) is 0.00402. The van der Waals surface area contributed by atoms with E-state index in [0.717, 1.165) is 0 Å². The summed E-state index contributed by atoms with van der Waals surface area (Å²) in [6.07, 6.45) is 1.90. The molecular weight excluding hydrogens is 278 g/mol. The quantitative estimate of drug-likeness (QED) is 0.857. The Hall–Kier alpha value is -1.53. The third-order valence-electron chi connectivity index (χ3n) is 3.42. The number of carbonyl (C=O) groups excluding carboxylic acids is 2. The van der Waals surface area contributed by atoms with E-state index in [9.17, 15) is 18.0 Å². The third kappa shape index (κ3) is 3.52. The topological polar surface area (TPSA) is 80.3 Å². The Morgan fingerprint density at radius 2 is 1.90 bits per heavy atom. The minimum Gasteiger partial charge on any atom is -0.300 e. The number of carbonyl (C=O) groups is 2. The van der Waals surface area contributed by atoms with Gasteiger partial charge in [-0.25, -0.2) is 13.1 Å². The number of rotatable bonds is 4. The van der Waals surface area contributed by atoms with E-state index in [1.165, 1.54) is 19.1 Å². The molecule has 1 aliphatic carbocycles. The van der Waals surface area contributed by atoms with Crippen LogP contribution in [-0.4, -0.2) is 26.0 Å². The molecule has 0 amide bonds. The van der Waals surface area contributed by atoms with Crippen molar-refractivity contribution in [2.24, 2.45) is 0 Å². The van der Waals surface area contributed by atoms with Gasteiger partial charge in [-0.05, 0) is 31.9 Å². The van der Waals surface area contributed by atoms with Crippen LogP contribution < -0.4 is 4.72 Å². The predicted octanol–water partition coefficient (Wildman–Crippen LogP) is 1.68. The van der Waals surface area contributed by atoms with Crippen LogP contribution in [0.4, 0.5) is 0 Å². The summed E-state index contributed by atoms with van der Waals surface area (Å²) in [6.45, 7) is 1.39. The lowest BCUT2D eigenvalue weighted by atomic mass is 9.95. The molecule has 20 heavy (non-hydrogen) atoms. The van der Waals surface area contributed by atoms with E-state index < -0.39 is 10.0 Å². The zero-order chi connectivity index (χ0) is 14.8. The highest BCUT2D eigenvalue weighted by atomic mass is 32.2. The molecule has 1 aliphatic rings. The second-order valence-electron chi connectivity index (χ2n) is 5.02. The molecule has 6 heteroatoms. The smallest absolute Gasteiger partial charge is 0.240 e. The lowest BCUT2D eigenvalue weighted by Gasteiger charge is -2.22. The fourth-order valence-corrected chi connectivity index (χ4v) is 3.58. The normalized spacial score (nSPS) is 17.1. The molecule has 0 unspecified atom stereocenters. The average Bonchev–Trinajstić information content (AvgIpc) is 2.41. The number of hydrogen-bond donors (Lipinski definition) is 1. The molecule has 0 spiro atoms. The predicted molar refractivity (Wildman–Crippen MR) is 74.0 cm³/mol. The minimum atomic E-state index is -3.65. The Labute approximate surface area is 118 Å². The number of nitrogens with one attached hydrogen (secondary N) is 1. The number of benzene rings is 1. The van der Waals surface area contributed by atoms with Crippen molar-refractivity contribution in [2.75, 3.05) is 0 Å². The molecule has 0 aromatic heterocycles. The Bertz CT molecular complexity index is 626. The van der Waals surface area contributed by atoms with E-state index in [4.69, 9.17) is 0 Å². The summed E-state index contributed by atoms with van der Waals surface area (Å²) in [4.78, 5) is 22.5. The summed E-state index contributed by atoms with van der Waals surface area (Å²) >= 11 is 0. The van der Waals surface area contributed by atoms with Gasteiger partial charge in [-0.15, -0.1) is 0 Å². The number of ketones is 2. The van der Waals surface area contributed by atoms with Gasteiger partial charge in [0.05, 0.1) is 4.90 Å². The van der Waals surface area contributed by atoms with Gasteiger partial charge in [0.25, 0.3) is 0 Å². The van der Waals surface area contributed by atoms with Crippen LogP contribution in [0.2, 0.25) is 0 Å². The molecule has 5 nitrogen and oxygen atoms in total. The monoisotopic (exact) mass is 295 g/mol. The Balaban J connectivity index is 2.16. The van der Waals surface area contributed by atoms with Crippen molar-refractivity contribution >= 4 is 21.6 Å². The molecule has 1 saturated carbocycles. The Morgan fingerprint density at radius 1 is 1.25 bits per heavy atom. The van der Waals surface area contributed by atoms with E-state index in [0.29, 0.717) is 31.2 Å². The fourth-order valence-electron chi connectivity index (χ4n) is 2.23. The van der Waals surface area contributed by atoms with Crippen molar-refractivity contribution in [3.63, 3.8) is 0 Å².